The lowest BCUT2D eigenvalue weighted by Crippen LogP contribution is -2.21. The Kier molecular flexibility index (Phi) is 3.96. The van der Waals surface area contributed by atoms with Gasteiger partial charge in [0.1, 0.15) is 17.3 Å². The minimum absolute atomic E-state index is 0.289. The summed E-state index contributed by atoms with van der Waals surface area (Å²) < 4.78 is 0. The van der Waals surface area contributed by atoms with Gasteiger partial charge in [0.05, 0.1) is 0 Å². The minimum atomic E-state index is 0.289. The van der Waals surface area contributed by atoms with Crippen molar-refractivity contribution in [3.05, 3.63) is 17.5 Å². The zero-order chi connectivity index (χ0) is 11.4. The molecule has 2 N–H and O–H groups in total. The van der Waals surface area contributed by atoms with Crippen LogP contribution in [0.2, 0.25) is 5.15 Å². The van der Waals surface area contributed by atoms with Gasteiger partial charge >= 0.3 is 0 Å². The molecule has 5 heteroatoms. The van der Waals surface area contributed by atoms with Crippen LogP contribution in [-0.2, 0) is 0 Å². The molecule has 1 aliphatic carbocycles. The summed E-state index contributed by atoms with van der Waals surface area (Å²) >= 11 is 5.77. The van der Waals surface area contributed by atoms with Crippen LogP contribution < -0.4 is 5.32 Å². The molecular weight excluding hydrogens is 226 g/mol. The molecule has 1 aliphatic rings. The van der Waals surface area contributed by atoms with Crippen molar-refractivity contribution >= 4 is 17.4 Å². The highest BCUT2D eigenvalue weighted by atomic mass is 35.5. The first-order chi connectivity index (χ1) is 7.79. The van der Waals surface area contributed by atoms with Gasteiger partial charge in [-0.05, 0) is 24.7 Å². The van der Waals surface area contributed by atoms with Crippen LogP contribution in [0.4, 0.5) is 5.82 Å². The number of aliphatic hydroxyl groups excluding tert-OH is 1. The summed E-state index contributed by atoms with van der Waals surface area (Å²) in [7, 11) is 0. The van der Waals surface area contributed by atoms with Crippen LogP contribution in [0.15, 0.2) is 12.4 Å². The molecule has 1 heterocycles. The Balaban J connectivity index is 1.87. The van der Waals surface area contributed by atoms with E-state index in [2.05, 4.69) is 15.3 Å². The van der Waals surface area contributed by atoms with Gasteiger partial charge in [0, 0.05) is 19.2 Å². The molecule has 1 aromatic rings. The number of anilines is 1. The lowest BCUT2D eigenvalue weighted by molar-refractivity contribution is 0.199. The first-order valence-corrected chi connectivity index (χ1v) is 5.99. The molecule has 1 aromatic heterocycles. The van der Waals surface area contributed by atoms with Crippen molar-refractivity contribution in [2.75, 3.05) is 18.5 Å². The first kappa shape index (κ1) is 11.6. The van der Waals surface area contributed by atoms with Crippen LogP contribution in [0.5, 0.6) is 0 Å². The Hall–Kier alpha value is -0.870. The summed E-state index contributed by atoms with van der Waals surface area (Å²) in [6.07, 6.45) is 4.97. The zero-order valence-corrected chi connectivity index (χ0v) is 9.82. The quantitative estimate of drug-likeness (QED) is 0.792. The van der Waals surface area contributed by atoms with E-state index >= 15 is 0 Å². The molecule has 4 nitrogen and oxygen atoms in total. The van der Waals surface area contributed by atoms with Crippen molar-refractivity contribution in [2.24, 2.45) is 11.8 Å². The van der Waals surface area contributed by atoms with E-state index in [0.29, 0.717) is 17.0 Å². The van der Waals surface area contributed by atoms with E-state index in [-0.39, 0.29) is 6.61 Å². The van der Waals surface area contributed by atoms with E-state index in [1.54, 1.807) is 6.07 Å². The largest absolute Gasteiger partial charge is 0.396 e. The summed E-state index contributed by atoms with van der Waals surface area (Å²) in [5.74, 6) is 1.73. The average Bonchev–Trinajstić information content (AvgIpc) is 2.74. The van der Waals surface area contributed by atoms with E-state index in [1.165, 1.54) is 19.2 Å². The van der Waals surface area contributed by atoms with Gasteiger partial charge in [0.25, 0.3) is 0 Å². The minimum Gasteiger partial charge on any atom is -0.396 e. The van der Waals surface area contributed by atoms with Crippen LogP contribution in [0, 0.1) is 11.8 Å². The summed E-state index contributed by atoms with van der Waals surface area (Å²) in [6, 6.07) is 1.71. The van der Waals surface area contributed by atoms with Crippen molar-refractivity contribution in [1.29, 1.82) is 0 Å². The molecule has 2 unspecified atom stereocenters. The fourth-order valence-electron chi connectivity index (χ4n) is 2.29. The van der Waals surface area contributed by atoms with E-state index in [9.17, 15) is 5.11 Å². The third-order valence-electron chi connectivity index (χ3n) is 3.23. The zero-order valence-electron chi connectivity index (χ0n) is 9.06. The number of nitrogens with one attached hydrogen (secondary N) is 1. The molecule has 2 rings (SSSR count). The number of nitrogens with zero attached hydrogens (tertiary/aromatic N) is 2. The second-order valence-electron chi connectivity index (χ2n) is 4.24. The maximum Gasteiger partial charge on any atom is 0.134 e. The molecule has 0 spiro atoms. The predicted octanol–water partition coefficient (Wildman–Crippen LogP) is 1.95. The molecule has 0 radical (unpaired) electrons. The van der Waals surface area contributed by atoms with Crippen molar-refractivity contribution < 1.29 is 5.11 Å². The summed E-state index contributed by atoms with van der Waals surface area (Å²) in [5, 5.41) is 12.9. The second kappa shape index (κ2) is 5.46. The lowest BCUT2D eigenvalue weighted by atomic mass is 9.97. The van der Waals surface area contributed by atoms with Gasteiger partial charge in [-0.15, -0.1) is 0 Å². The fourth-order valence-corrected chi connectivity index (χ4v) is 2.44. The monoisotopic (exact) mass is 241 g/mol. The van der Waals surface area contributed by atoms with E-state index in [0.717, 1.165) is 18.8 Å². The third-order valence-corrected chi connectivity index (χ3v) is 3.44. The van der Waals surface area contributed by atoms with Gasteiger partial charge in [0.2, 0.25) is 0 Å². The van der Waals surface area contributed by atoms with Gasteiger partial charge in [-0.1, -0.05) is 18.0 Å². The van der Waals surface area contributed by atoms with Gasteiger partial charge < -0.3 is 10.4 Å². The molecule has 88 valence electrons. The topological polar surface area (TPSA) is 58.0 Å². The number of rotatable bonds is 4. The maximum absolute atomic E-state index is 9.20. The Bertz CT molecular complexity index is 348. The number of halogens is 1. The number of aliphatic hydroxyl groups is 1. The average molecular weight is 242 g/mol. The molecule has 0 aliphatic heterocycles. The van der Waals surface area contributed by atoms with Crippen LogP contribution in [0.1, 0.15) is 19.3 Å². The number of hydrogen-bond donors (Lipinski definition) is 2. The van der Waals surface area contributed by atoms with Crippen molar-refractivity contribution in [2.45, 2.75) is 19.3 Å². The van der Waals surface area contributed by atoms with Crippen LogP contribution >= 0.6 is 11.6 Å². The maximum atomic E-state index is 9.20. The smallest absolute Gasteiger partial charge is 0.134 e. The highest BCUT2D eigenvalue weighted by Crippen LogP contribution is 2.31. The van der Waals surface area contributed by atoms with Crippen LogP contribution in [0.25, 0.3) is 0 Å². The Morgan fingerprint density at radius 2 is 2.19 bits per heavy atom. The lowest BCUT2D eigenvalue weighted by Gasteiger charge is -2.17. The van der Waals surface area contributed by atoms with Crippen molar-refractivity contribution in [1.82, 2.24) is 9.97 Å². The highest BCUT2D eigenvalue weighted by Gasteiger charge is 2.26. The van der Waals surface area contributed by atoms with Crippen molar-refractivity contribution in [3.8, 4) is 0 Å². The standard InChI is InChI=1S/C11H16ClN3O/c12-10-4-11(15-7-14-10)13-5-8-2-1-3-9(8)6-16/h4,7-9,16H,1-3,5-6H2,(H,13,14,15). The SMILES string of the molecule is OCC1CCCC1CNc1cc(Cl)ncn1. The van der Waals surface area contributed by atoms with Gasteiger partial charge in [-0.25, -0.2) is 9.97 Å². The Labute approximate surface area is 100 Å². The molecule has 1 fully saturated rings. The van der Waals surface area contributed by atoms with Gasteiger partial charge in [0.15, 0.2) is 0 Å². The van der Waals surface area contributed by atoms with E-state index in [4.69, 9.17) is 11.6 Å². The number of aromatic nitrogens is 2. The third kappa shape index (κ3) is 2.83. The molecule has 16 heavy (non-hydrogen) atoms. The molecule has 1 saturated carbocycles. The van der Waals surface area contributed by atoms with Crippen molar-refractivity contribution in [3.63, 3.8) is 0 Å². The summed E-state index contributed by atoms with van der Waals surface area (Å²) in [6.45, 7) is 1.13. The molecule has 2 atom stereocenters. The van der Waals surface area contributed by atoms with Gasteiger partial charge in [-0.2, -0.15) is 0 Å². The molecular formula is C11H16ClN3O. The molecule has 0 amide bonds. The predicted molar refractivity (Wildman–Crippen MR) is 63.4 cm³/mol. The molecule has 0 aromatic carbocycles. The molecule has 0 bridgehead atoms. The first-order valence-electron chi connectivity index (χ1n) is 5.62. The van der Waals surface area contributed by atoms with E-state index < -0.39 is 0 Å². The second-order valence-corrected chi connectivity index (χ2v) is 4.63. The fraction of sp³-hybridized carbons (Fsp3) is 0.636. The summed E-state index contributed by atoms with van der Waals surface area (Å²) in [5.41, 5.74) is 0. The van der Waals surface area contributed by atoms with Crippen LogP contribution in [-0.4, -0.2) is 28.2 Å². The van der Waals surface area contributed by atoms with Crippen LogP contribution in [0.3, 0.4) is 0 Å². The number of hydrogen-bond acceptors (Lipinski definition) is 4. The normalized spacial score (nSPS) is 24.6. The Morgan fingerprint density at radius 1 is 1.38 bits per heavy atom. The summed E-state index contributed by atoms with van der Waals surface area (Å²) in [4.78, 5) is 7.91. The van der Waals surface area contributed by atoms with E-state index in [1.807, 2.05) is 0 Å². The molecule has 0 saturated heterocycles. The highest BCUT2D eigenvalue weighted by molar-refractivity contribution is 6.29. The Morgan fingerprint density at radius 3 is 2.94 bits per heavy atom. The van der Waals surface area contributed by atoms with Gasteiger partial charge in [-0.3, -0.25) is 0 Å².